The Morgan fingerprint density at radius 2 is 1.22 bits per heavy atom. The number of piperidine rings is 1. The Balaban J connectivity index is 1.54. The number of carbonyl (C=O) groups excluding carboxylic acids is 2. The van der Waals surface area contributed by atoms with Crippen LogP contribution in [-0.4, -0.2) is 64.8 Å². The van der Waals surface area contributed by atoms with Crippen LogP contribution in [0.4, 0.5) is 0 Å². The molecule has 2 amide bonds. The second-order valence-corrected chi connectivity index (χ2v) is 7.65. The molecule has 0 radical (unpaired) electrons. The number of carbonyl (C=O) groups is 2. The average Bonchev–Trinajstić information content (AvgIpc) is 2.86. The van der Waals surface area contributed by atoms with Gasteiger partial charge in [-0.1, -0.05) is 0 Å². The molecular formula is C24H30N2O6. The Bertz CT molecular complexity index is 909. The van der Waals surface area contributed by atoms with Gasteiger partial charge in [0.05, 0.1) is 28.4 Å². The number of benzene rings is 2. The predicted molar refractivity (Wildman–Crippen MR) is 120 cm³/mol. The van der Waals surface area contributed by atoms with Gasteiger partial charge in [0.2, 0.25) is 0 Å². The molecule has 32 heavy (non-hydrogen) atoms. The normalized spacial score (nSPS) is 13.9. The Morgan fingerprint density at radius 1 is 0.781 bits per heavy atom. The Hall–Kier alpha value is -3.42. The average molecular weight is 443 g/mol. The topological polar surface area (TPSA) is 86.3 Å². The highest BCUT2D eigenvalue weighted by Crippen LogP contribution is 2.26. The highest BCUT2D eigenvalue weighted by atomic mass is 16.5. The van der Waals surface area contributed by atoms with Crippen LogP contribution in [0, 0.1) is 5.92 Å². The van der Waals surface area contributed by atoms with Crippen molar-refractivity contribution in [1.29, 1.82) is 0 Å². The van der Waals surface area contributed by atoms with E-state index in [-0.39, 0.29) is 11.8 Å². The van der Waals surface area contributed by atoms with E-state index in [1.807, 2.05) is 4.90 Å². The zero-order valence-corrected chi connectivity index (χ0v) is 19.0. The van der Waals surface area contributed by atoms with Gasteiger partial charge in [0.25, 0.3) is 11.8 Å². The van der Waals surface area contributed by atoms with Crippen molar-refractivity contribution in [3.63, 3.8) is 0 Å². The van der Waals surface area contributed by atoms with Crippen molar-refractivity contribution in [2.75, 3.05) is 48.1 Å². The third-order valence-corrected chi connectivity index (χ3v) is 5.67. The second-order valence-electron chi connectivity index (χ2n) is 7.65. The molecule has 0 unspecified atom stereocenters. The number of amides is 2. The van der Waals surface area contributed by atoms with Crippen LogP contribution in [0.2, 0.25) is 0 Å². The maximum absolute atomic E-state index is 12.9. The molecular weight excluding hydrogens is 412 g/mol. The van der Waals surface area contributed by atoms with Crippen LogP contribution >= 0.6 is 0 Å². The van der Waals surface area contributed by atoms with Crippen LogP contribution in [0.1, 0.15) is 33.6 Å². The minimum absolute atomic E-state index is 0.0480. The van der Waals surface area contributed by atoms with Gasteiger partial charge in [-0.25, -0.2) is 0 Å². The van der Waals surface area contributed by atoms with Crippen molar-refractivity contribution in [1.82, 2.24) is 10.2 Å². The molecule has 2 aromatic carbocycles. The van der Waals surface area contributed by atoms with Crippen LogP contribution < -0.4 is 24.3 Å². The Morgan fingerprint density at radius 3 is 1.66 bits per heavy atom. The standard InChI is InChI=1S/C24H30N2O6/c1-29-19-9-17(10-20(13-19)30-2)23(27)25-15-16-5-7-26(8-6-16)24(28)18-11-21(31-3)14-22(12-18)32-4/h9-14,16H,5-8,15H2,1-4H3,(H,25,27). The lowest BCUT2D eigenvalue weighted by atomic mass is 9.96. The van der Waals surface area contributed by atoms with Crippen molar-refractivity contribution in [3.8, 4) is 23.0 Å². The summed E-state index contributed by atoms with van der Waals surface area (Å²) in [7, 11) is 6.22. The SMILES string of the molecule is COc1cc(OC)cc(C(=O)NCC2CCN(C(=O)c3cc(OC)cc(OC)c3)CC2)c1. The molecule has 0 spiro atoms. The number of nitrogens with zero attached hydrogens (tertiary/aromatic N) is 1. The quantitative estimate of drug-likeness (QED) is 0.676. The molecule has 1 fully saturated rings. The summed E-state index contributed by atoms with van der Waals surface area (Å²) in [5.74, 6) is 2.37. The van der Waals surface area contributed by atoms with Gasteiger partial charge >= 0.3 is 0 Å². The van der Waals surface area contributed by atoms with Gasteiger partial charge in [0, 0.05) is 42.9 Å². The van der Waals surface area contributed by atoms with Crippen molar-refractivity contribution >= 4 is 11.8 Å². The van der Waals surface area contributed by atoms with Gasteiger partial charge in [-0.3, -0.25) is 9.59 Å². The third kappa shape index (κ3) is 5.63. The van der Waals surface area contributed by atoms with Gasteiger partial charge in [0.15, 0.2) is 0 Å². The molecule has 0 aliphatic carbocycles. The van der Waals surface area contributed by atoms with Gasteiger partial charge in [-0.15, -0.1) is 0 Å². The number of nitrogens with one attached hydrogen (secondary N) is 1. The summed E-state index contributed by atoms with van der Waals surface area (Å²) in [4.78, 5) is 27.4. The lowest BCUT2D eigenvalue weighted by Gasteiger charge is -2.32. The number of ether oxygens (including phenoxy) is 4. The van der Waals surface area contributed by atoms with Crippen molar-refractivity contribution in [3.05, 3.63) is 47.5 Å². The second kappa shape index (κ2) is 10.7. The maximum atomic E-state index is 12.9. The van der Waals surface area contributed by atoms with Gasteiger partial charge in [-0.2, -0.15) is 0 Å². The van der Waals surface area contributed by atoms with E-state index in [2.05, 4.69) is 5.32 Å². The Kier molecular flexibility index (Phi) is 7.81. The molecule has 3 rings (SSSR count). The first-order valence-corrected chi connectivity index (χ1v) is 10.5. The Labute approximate surface area is 188 Å². The molecule has 0 bridgehead atoms. The maximum Gasteiger partial charge on any atom is 0.254 e. The number of hydrogen-bond acceptors (Lipinski definition) is 6. The summed E-state index contributed by atoms with van der Waals surface area (Å²) >= 11 is 0. The van der Waals surface area contributed by atoms with E-state index in [4.69, 9.17) is 18.9 Å². The summed E-state index contributed by atoms with van der Waals surface area (Å²) in [5.41, 5.74) is 1.03. The first kappa shape index (κ1) is 23.2. The molecule has 0 atom stereocenters. The fourth-order valence-corrected chi connectivity index (χ4v) is 3.73. The molecule has 0 saturated carbocycles. The molecule has 8 nitrogen and oxygen atoms in total. The van der Waals surface area contributed by atoms with E-state index in [9.17, 15) is 9.59 Å². The van der Waals surface area contributed by atoms with E-state index in [1.165, 1.54) is 0 Å². The minimum atomic E-state index is -0.177. The monoisotopic (exact) mass is 442 g/mol. The predicted octanol–water partition coefficient (Wildman–Crippen LogP) is 3.00. The lowest BCUT2D eigenvalue weighted by molar-refractivity contribution is 0.0683. The third-order valence-electron chi connectivity index (χ3n) is 5.67. The fraction of sp³-hybridized carbons (Fsp3) is 0.417. The van der Waals surface area contributed by atoms with Crippen LogP contribution in [0.3, 0.4) is 0 Å². The van der Waals surface area contributed by atoms with E-state index in [0.29, 0.717) is 59.7 Å². The highest BCUT2D eigenvalue weighted by molar-refractivity contribution is 5.95. The molecule has 1 N–H and O–H groups in total. The van der Waals surface area contributed by atoms with Gasteiger partial charge in [0.1, 0.15) is 23.0 Å². The number of likely N-dealkylation sites (tertiary alicyclic amines) is 1. The van der Waals surface area contributed by atoms with Crippen LogP contribution in [0.15, 0.2) is 36.4 Å². The summed E-state index contributed by atoms with van der Waals surface area (Å²) in [6, 6.07) is 10.3. The molecule has 1 aliphatic rings. The number of rotatable bonds is 8. The van der Waals surface area contributed by atoms with E-state index in [0.717, 1.165) is 12.8 Å². The largest absolute Gasteiger partial charge is 0.497 e. The van der Waals surface area contributed by atoms with Crippen LogP contribution in [0.25, 0.3) is 0 Å². The van der Waals surface area contributed by atoms with Crippen LogP contribution in [0.5, 0.6) is 23.0 Å². The lowest BCUT2D eigenvalue weighted by Crippen LogP contribution is -2.41. The molecule has 0 aromatic heterocycles. The van der Waals surface area contributed by atoms with Crippen LogP contribution in [-0.2, 0) is 0 Å². The van der Waals surface area contributed by atoms with E-state index >= 15 is 0 Å². The van der Waals surface area contributed by atoms with Crippen molar-refractivity contribution in [2.24, 2.45) is 5.92 Å². The molecule has 1 heterocycles. The van der Waals surface area contributed by atoms with E-state index < -0.39 is 0 Å². The molecule has 1 aliphatic heterocycles. The van der Waals surface area contributed by atoms with Gasteiger partial charge < -0.3 is 29.2 Å². The van der Waals surface area contributed by atoms with E-state index in [1.54, 1.807) is 64.8 Å². The molecule has 1 saturated heterocycles. The summed E-state index contributed by atoms with van der Waals surface area (Å²) in [6.07, 6.45) is 1.63. The molecule has 2 aromatic rings. The molecule has 172 valence electrons. The smallest absolute Gasteiger partial charge is 0.254 e. The fourth-order valence-electron chi connectivity index (χ4n) is 3.73. The minimum Gasteiger partial charge on any atom is -0.497 e. The van der Waals surface area contributed by atoms with Crippen molar-refractivity contribution in [2.45, 2.75) is 12.8 Å². The molecule has 8 heteroatoms. The zero-order chi connectivity index (χ0) is 23.1. The van der Waals surface area contributed by atoms with Gasteiger partial charge in [-0.05, 0) is 43.0 Å². The summed E-state index contributed by atoms with van der Waals surface area (Å²) in [5, 5.41) is 2.99. The first-order valence-electron chi connectivity index (χ1n) is 10.5. The highest BCUT2D eigenvalue weighted by Gasteiger charge is 2.25. The summed E-state index contributed by atoms with van der Waals surface area (Å²) in [6.45, 7) is 1.81. The number of hydrogen-bond donors (Lipinski definition) is 1. The van der Waals surface area contributed by atoms with Crippen molar-refractivity contribution < 1.29 is 28.5 Å². The number of methoxy groups -OCH3 is 4. The summed E-state index contributed by atoms with van der Waals surface area (Å²) < 4.78 is 21.0. The first-order chi connectivity index (χ1) is 15.5. The zero-order valence-electron chi connectivity index (χ0n) is 19.0.